The first-order chi connectivity index (χ1) is 3.30. The largest absolute Gasteiger partial charge is 0.203 e. The van der Waals surface area contributed by atoms with Gasteiger partial charge in [0.05, 0.1) is 5.38 Å². The Labute approximate surface area is 43.4 Å². The Balaban J connectivity index is 3.12. The molecule has 0 fully saturated rings. The van der Waals surface area contributed by atoms with Crippen LogP contribution in [-0.2, 0) is 0 Å². The van der Waals surface area contributed by atoms with Gasteiger partial charge in [-0.25, -0.2) is 8.78 Å². The topological polar surface area (TPSA) is 0 Å². The molecule has 0 aliphatic rings. The van der Waals surface area contributed by atoms with E-state index in [1.165, 1.54) is 0 Å². The van der Waals surface area contributed by atoms with Crippen LogP contribution in [0, 0.1) is 17.0 Å². The molecule has 7 heavy (non-hydrogen) atoms. The molecule has 0 aromatic carbocycles. The van der Waals surface area contributed by atoms with E-state index in [1.807, 2.05) is 0 Å². The third-order valence-electron chi connectivity index (χ3n) is 0.521. The molecule has 1 heterocycles. The van der Waals surface area contributed by atoms with Crippen molar-refractivity contribution in [3.63, 3.8) is 0 Å². The van der Waals surface area contributed by atoms with E-state index in [0.717, 1.165) is 16.7 Å². The van der Waals surface area contributed by atoms with E-state index in [4.69, 9.17) is 0 Å². The Morgan fingerprint density at radius 1 is 1.57 bits per heavy atom. The number of hydrogen-bond acceptors (Lipinski definition) is 1. The lowest BCUT2D eigenvalue weighted by molar-refractivity contribution is 0.515. The summed E-state index contributed by atoms with van der Waals surface area (Å²) < 4.78 is 23.3. The van der Waals surface area contributed by atoms with Crippen molar-refractivity contribution in [2.75, 3.05) is 0 Å². The number of rotatable bonds is 0. The van der Waals surface area contributed by atoms with E-state index in [-0.39, 0.29) is 0 Å². The summed E-state index contributed by atoms with van der Waals surface area (Å²) in [5.74, 6) is -1.70. The summed E-state index contributed by atoms with van der Waals surface area (Å²) >= 11 is 0.891. The molecule has 0 aliphatic heterocycles. The molecule has 1 rings (SSSR count). The fourth-order valence-electron chi connectivity index (χ4n) is 0.233. The normalized spacial score (nSPS) is 9.43. The molecule has 0 nitrogen and oxygen atoms in total. The second-order valence-corrected chi connectivity index (χ2v) is 1.68. The Hall–Kier alpha value is -0.440. The van der Waals surface area contributed by atoms with Crippen molar-refractivity contribution < 1.29 is 8.78 Å². The second kappa shape index (κ2) is 1.58. The smallest absolute Gasteiger partial charge is 0.178 e. The van der Waals surface area contributed by atoms with Crippen molar-refractivity contribution in [3.8, 4) is 0 Å². The molecule has 0 spiro atoms. The molecule has 1 radical (unpaired) electrons. The molecule has 0 unspecified atom stereocenters. The van der Waals surface area contributed by atoms with Gasteiger partial charge in [-0.05, 0) is 0 Å². The van der Waals surface area contributed by atoms with Crippen molar-refractivity contribution in [1.82, 2.24) is 0 Å². The number of thiophene rings is 1. The maximum Gasteiger partial charge on any atom is 0.178 e. The average molecular weight is 119 g/mol. The van der Waals surface area contributed by atoms with Gasteiger partial charge in [-0.15, -0.1) is 11.3 Å². The lowest BCUT2D eigenvalue weighted by Gasteiger charge is -1.69. The second-order valence-electron chi connectivity index (χ2n) is 1.000. The van der Waals surface area contributed by atoms with Crippen LogP contribution in [0.2, 0.25) is 0 Å². The molecular formula is C4HF2S. The van der Waals surface area contributed by atoms with E-state index in [1.54, 1.807) is 0 Å². The maximum atomic E-state index is 11.7. The van der Waals surface area contributed by atoms with Crippen LogP contribution in [-0.4, -0.2) is 0 Å². The van der Waals surface area contributed by atoms with Crippen LogP contribution in [0.5, 0.6) is 0 Å². The summed E-state index contributed by atoms with van der Waals surface area (Å²) in [6, 6.07) is 0. The summed E-state index contributed by atoms with van der Waals surface area (Å²) in [5.41, 5.74) is 0. The zero-order chi connectivity index (χ0) is 5.28. The zero-order valence-corrected chi connectivity index (χ0v) is 4.06. The van der Waals surface area contributed by atoms with E-state index in [2.05, 4.69) is 5.38 Å². The highest BCUT2D eigenvalue weighted by molar-refractivity contribution is 7.07. The summed E-state index contributed by atoms with van der Waals surface area (Å²) in [4.78, 5) is 0. The molecule has 37 valence electrons. The fourth-order valence-corrected chi connectivity index (χ4v) is 0.700. The van der Waals surface area contributed by atoms with Gasteiger partial charge >= 0.3 is 0 Å². The lowest BCUT2D eigenvalue weighted by atomic mass is 10.6. The molecule has 0 aliphatic carbocycles. The van der Waals surface area contributed by atoms with E-state index < -0.39 is 11.6 Å². The summed E-state index contributed by atoms with van der Waals surface area (Å²) in [6.07, 6.45) is 0. The standard InChI is InChI=1S/C4HF2S/c5-3-1-7-2-4(3)6/h1H. The maximum absolute atomic E-state index is 11.7. The number of hydrogen-bond donors (Lipinski definition) is 0. The Kier molecular flexibility index (Phi) is 1.06. The first-order valence-electron chi connectivity index (χ1n) is 1.61. The van der Waals surface area contributed by atoms with Crippen LogP contribution in [0.1, 0.15) is 0 Å². The Morgan fingerprint density at radius 3 is 2.43 bits per heavy atom. The highest BCUT2D eigenvalue weighted by atomic mass is 32.1. The zero-order valence-electron chi connectivity index (χ0n) is 3.24. The minimum Gasteiger partial charge on any atom is -0.203 e. The van der Waals surface area contributed by atoms with Crippen LogP contribution in [0.25, 0.3) is 0 Å². The summed E-state index contributed by atoms with van der Waals surface area (Å²) in [7, 11) is 0. The van der Waals surface area contributed by atoms with Crippen molar-refractivity contribution >= 4 is 11.3 Å². The van der Waals surface area contributed by atoms with Crippen LogP contribution in [0.3, 0.4) is 0 Å². The van der Waals surface area contributed by atoms with E-state index >= 15 is 0 Å². The average Bonchev–Trinajstić information content (AvgIpc) is 1.91. The Morgan fingerprint density at radius 2 is 2.29 bits per heavy atom. The van der Waals surface area contributed by atoms with Gasteiger partial charge in [0.15, 0.2) is 11.6 Å². The highest BCUT2D eigenvalue weighted by Crippen LogP contribution is 2.07. The van der Waals surface area contributed by atoms with Crippen LogP contribution in [0.15, 0.2) is 5.38 Å². The molecule has 0 saturated carbocycles. The van der Waals surface area contributed by atoms with Gasteiger partial charge in [0.1, 0.15) is 0 Å². The quantitative estimate of drug-likeness (QED) is 0.488. The summed E-state index contributed by atoms with van der Waals surface area (Å²) in [5, 5.41) is 3.13. The van der Waals surface area contributed by atoms with Crippen molar-refractivity contribution in [1.29, 1.82) is 0 Å². The van der Waals surface area contributed by atoms with Crippen LogP contribution < -0.4 is 0 Å². The number of halogens is 2. The molecule has 0 bridgehead atoms. The van der Waals surface area contributed by atoms with Gasteiger partial charge in [-0.1, -0.05) is 0 Å². The molecule has 0 atom stereocenters. The van der Waals surface area contributed by atoms with Crippen molar-refractivity contribution in [3.05, 3.63) is 22.4 Å². The van der Waals surface area contributed by atoms with Crippen LogP contribution in [0.4, 0.5) is 8.78 Å². The van der Waals surface area contributed by atoms with Crippen molar-refractivity contribution in [2.24, 2.45) is 0 Å². The predicted octanol–water partition coefficient (Wildman–Crippen LogP) is 1.83. The van der Waals surface area contributed by atoms with Gasteiger partial charge in [-0.2, -0.15) is 0 Å². The first kappa shape index (κ1) is 4.71. The lowest BCUT2D eigenvalue weighted by Crippen LogP contribution is -1.67. The van der Waals surface area contributed by atoms with Crippen LogP contribution >= 0.6 is 11.3 Å². The van der Waals surface area contributed by atoms with E-state index in [9.17, 15) is 8.78 Å². The first-order valence-corrected chi connectivity index (χ1v) is 2.49. The third kappa shape index (κ3) is 0.771. The minimum absolute atomic E-state index is 0.815. The SMILES string of the molecule is Fc1[c]scc1F. The molecule has 1 aromatic rings. The van der Waals surface area contributed by atoms with Crippen molar-refractivity contribution in [2.45, 2.75) is 0 Å². The Bertz CT molecular complexity index is 142. The van der Waals surface area contributed by atoms with Gasteiger partial charge in [0, 0.05) is 5.38 Å². The molecule has 1 aromatic heterocycles. The van der Waals surface area contributed by atoms with Gasteiger partial charge in [0.2, 0.25) is 0 Å². The summed E-state index contributed by atoms with van der Waals surface area (Å²) in [6.45, 7) is 0. The molecule has 0 saturated heterocycles. The molecule has 0 N–H and O–H groups in total. The van der Waals surface area contributed by atoms with Gasteiger partial charge in [0.25, 0.3) is 0 Å². The predicted molar refractivity (Wildman–Crippen MR) is 23.1 cm³/mol. The van der Waals surface area contributed by atoms with Gasteiger partial charge in [-0.3, -0.25) is 0 Å². The molecule has 0 amide bonds. The highest BCUT2D eigenvalue weighted by Gasteiger charge is 1.97. The monoisotopic (exact) mass is 119 g/mol. The molecular weight excluding hydrogens is 118 g/mol. The minimum atomic E-state index is -0.884. The molecule has 3 heteroatoms. The van der Waals surface area contributed by atoms with E-state index in [0.29, 0.717) is 0 Å². The fraction of sp³-hybridized carbons (Fsp3) is 0. The third-order valence-corrected chi connectivity index (χ3v) is 1.14. The van der Waals surface area contributed by atoms with Gasteiger partial charge < -0.3 is 0 Å².